The molecule has 0 aromatic heterocycles. The number of anilines is 1. The number of nitrogens with zero attached hydrogens (tertiary/aromatic N) is 1. The van der Waals surface area contributed by atoms with E-state index in [0.29, 0.717) is 23.1 Å². The molecule has 1 amide bonds. The van der Waals surface area contributed by atoms with Crippen molar-refractivity contribution in [3.8, 4) is 17.6 Å². The van der Waals surface area contributed by atoms with Crippen LogP contribution in [0.2, 0.25) is 0 Å². The summed E-state index contributed by atoms with van der Waals surface area (Å²) in [5.74, 6) is -2.56. The summed E-state index contributed by atoms with van der Waals surface area (Å²) in [5.41, 5.74) is 0.356. The van der Waals surface area contributed by atoms with Crippen LogP contribution in [0.1, 0.15) is 5.56 Å². The third-order valence-corrected chi connectivity index (χ3v) is 3.44. The Morgan fingerprint density at radius 2 is 1.97 bits per heavy atom. The number of methoxy groups -OCH3 is 1. The van der Waals surface area contributed by atoms with Crippen molar-refractivity contribution < 1.29 is 32.6 Å². The maximum absolute atomic E-state index is 13.5. The molecular formula is C20H16F2N2O5. The Balaban J connectivity index is 1.89. The molecule has 2 aromatic rings. The van der Waals surface area contributed by atoms with Crippen molar-refractivity contribution >= 4 is 23.6 Å². The van der Waals surface area contributed by atoms with Crippen LogP contribution >= 0.6 is 0 Å². The summed E-state index contributed by atoms with van der Waals surface area (Å²) < 4.78 is 41.4. The summed E-state index contributed by atoms with van der Waals surface area (Å²) in [4.78, 5) is 23.5. The lowest BCUT2D eigenvalue weighted by Gasteiger charge is -2.08. The Morgan fingerprint density at radius 3 is 2.66 bits per heavy atom. The third-order valence-electron chi connectivity index (χ3n) is 3.44. The van der Waals surface area contributed by atoms with E-state index in [0.717, 1.165) is 18.2 Å². The van der Waals surface area contributed by atoms with Gasteiger partial charge in [0.05, 0.1) is 12.8 Å². The first kappa shape index (κ1) is 21.4. The Labute approximate surface area is 165 Å². The van der Waals surface area contributed by atoms with Crippen molar-refractivity contribution in [1.29, 1.82) is 5.26 Å². The topological polar surface area (TPSA) is 97.7 Å². The van der Waals surface area contributed by atoms with Crippen molar-refractivity contribution in [3.05, 3.63) is 59.7 Å². The Kier molecular flexibility index (Phi) is 7.68. The van der Waals surface area contributed by atoms with Gasteiger partial charge in [0.2, 0.25) is 0 Å². The van der Waals surface area contributed by atoms with Gasteiger partial charge < -0.3 is 19.5 Å². The fraction of sp³-hybridized carbons (Fsp3) is 0.150. The van der Waals surface area contributed by atoms with E-state index in [1.807, 2.05) is 6.07 Å². The number of hydrogen-bond donors (Lipinski definition) is 1. The number of carbonyl (C=O) groups is 2. The predicted molar refractivity (Wildman–Crippen MR) is 99.1 cm³/mol. The average molecular weight is 402 g/mol. The lowest BCUT2D eigenvalue weighted by Crippen LogP contribution is -2.20. The van der Waals surface area contributed by atoms with E-state index in [4.69, 9.17) is 19.5 Å². The normalized spacial score (nSPS) is 10.3. The number of carbonyl (C=O) groups excluding carboxylic acids is 2. The molecule has 1 N–H and O–H groups in total. The number of benzene rings is 2. The van der Waals surface area contributed by atoms with Crippen LogP contribution in [0.25, 0.3) is 6.08 Å². The van der Waals surface area contributed by atoms with Crippen LogP contribution in [-0.4, -0.2) is 32.2 Å². The molecule has 29 heavy (non-hydrogen) atoms. The highest BCUT2D eigenvalue weighted by Gasteiger charge is 2.10. The minimum atomic E-state index is -0.944. The third kappa shape index (κ3) is 6.62. The smallest absolute Gasteiger partial charge is 0.331 e. The number of amides is 1. The summed E-state index contributed by atoms with van der Waals surface area (Å²) in [6.45, 7) is -0.786. The van der Waals surface area contributed by atoms with Gasteiger partial charge in [-0.05, 0) is 35.9 Å². The molecule has 0 aliphatic heterocycles. The second kappa shape index (κ2) is 10.4. The summed E-state index contributed by atoms with van der Waals surface area (Å²) >= 11 is 0. The lowest BCUT2D eigenvalue weighted by atomic mass is 10.2. The number of nitriles is 1. The number of nitrogens with one attached hydrogen (secondary N) is 1. The largest absolute Gasteiger partial charge is 0.493 e. The second-order valence-corrected chi connectivity index (χ2v) is 5.47. The lowest BCUT2D eigenvalue weighted by molar-refractivity contribution is -0.142. The fourth-order valence-corrected chi connectivity index (χ4v) is 2.14. The van der Waals surface area contributed by atoms with E-state index in [9.17, 15) is 18.4 Å². The highest BCUT2D eigenvalue weighted by Crippen LogP contribution is 2.28. The molecule has 2 aromatic carbocycles. The van der Waals surface area contributed by atoms with Crippen molar-refractivity contribution in [2.75, 3.05) is 25.6 Å². The minimum Gasteiger partial charge on any atom is -0.493 e. The van der Waals surface area contributed by atoms with Crippen molar-refractivity contribution in [2.24, 2.45) is 0 Å². The maximum atomic E-state index is 13.5. The molecule has 0 spiro atoms. The molecule has 0 aliphatic rings. The van der Waals surface area contributed by atoms with Gasteiger partial charge in [-0.15, -0.1) is 0 Å². The molecule has 0 aliphatic carbocycles. The fourth-order valence-electron chi connectivity index (χ4n) is 2.14. The van der Waals surface area contributed by atoms with Crippen LogP contribution in [-0.2, 0) is 14.3 Å². The van der Waals surface area contributed by atoms with Crippen molar-refractivity contribution in [3.63, 3.8) is 0 Å². The number of hydrogen-bond acceptors (Lipinski definition) is 6. The highest BCUT2D eigenvalue weighted by molar-refractivity contribution is 5.94. The van der Waals surface area contributed by atoms with Crippen LogP contribution in [0, 0.1) is 23.0 Å². The van der Waals surface area contributed by atoms with Gasteiger partial charge in [-0.3, -0.25) is 4.79 Å². The molecule has 9 heteroatoms. The molecule has 0 atom stereocenters. The minimum absolute atomic E-state index is 0.137. The average Bonchev–Trinajstić information content (AvgIpc) is 2.71. The number of esters is 1. The maximum Gasteiger partial charge on any atom is 0.331 e. The van der Waals surface area contributed by atoms with Crippen LogP contribution in [0.4, 0.5) is 14.5 Å². The number of rotatable bonds is 8. The first-order valence-corrected chi connectivity index (χ1v) is 8.20. The van der Waals surface area contributed by atoms with Crippen LogP contribution in [0.15, 0.2) is 42.5 Å². The SMILES string of the molecule is COc1cc(/C=C/C(=O)OCC(=O)Nc2ccc(F)cc2F)ccc1OCC#N. The molecule has 0 heterocycles. The van der Waals surface area contributed by atoms with E-state index in [1.54, 1.807) is 18.2 Å². The van der Waals surface area contributed by atoms with Crippen molar-refractivity contribution in [1.82, 2.24) is 0 Å². The quantitative estimate of drug-likeness (QED) is 0.538. The summed E-state index contributed by atoms with van der Waals surface area (Å²) in [5, 5.41) is 10.7. The molecule has 0 saturated heterocycles. The van der Waals surface area contributed by atoms with Gasteiger partial charge in [0.25, 0.3) is 5.91 Å². The standard InChI is InChI=1S/C20H16F2N2O5/c1-27-18-10-13(2-6-17(18)28-9-8-23)3-7-20(26)29-12-19(25)24-16-5-4-14(21)11-15(16)22/h2-7,10-11H,9,12H2,1H3,(H,24,25)/b7-3+. The first-order chi connectivity index (χ1) is 13.9. The molecule has 0 bridgehead atoms. The van der Waals surface area contributed by atoms with Gasteiger partial charge in [-0.25, -0.2) is 13.6 Å². The van der Waals surface area contributed by atoms with Gasteiger partial charge in [0.1, 0.15) is 17.7 Å². The Hall–Kier alpha value is -3.93. The molecule has 0 saturated carbocycles. The molecule has 0 radical (unpaired) electrons. The molecule has 150 valence electrons. The highest BCUT2D eigenvalue weighted by atomic mass is 19.1. The molecule has 2 rings (SSSR count). The summed E-state index contributed by atoms with van der Waals surface area (Å²) in [7, 11) is 1.43. The van der Waals surface area contributed by atoms with Crippen LogP contribution in [0.3, 0.4) is 0 Å². The van der Waals surface area contributed by atoms with Gasteiger partial charge in [-0.2, -0.15) is 5.26 Å². The van der Waals surface area contributed by atoms with Gasteiger partial charge >= 0.3 is 5.97 Å². The molecule has 7 nitrogen and oxygen atoms in total. The second-order valence-electron chi connectivity index (χ2n) is 5.47. The zero-order chi connectivity index (χ0) is 21.2. The van der Waals surface area contributed by atoms with Crippen molar-refractivity contribution in [2.45, 2.75) is 0 Å². The van der Waals surface area contributed by atoms with E-state index in [2.05, 4.69) is 5.32 Å². The molecular weight excluding hydrogens is 386 g/mol. The van der Waals surface area contributed by atoms with Gasteiger partial charge in [-0.1, -0.05) is 6.07 Å². The van der Waals surface area contributed by atoms with E-state index >= 15 is 0 Å². The Morgan fingerprint density at radius 1 is 1.17 bits per heavy atom. The zero-order valence-electron chi connectivity index (χ0n) is 15.3. The molecule has 0 unspecified atom stereocenters. The van der Waals surface area contributed by atoms with E-state index < -0.39 is 30.1 Å². The Bertz CT molecular complexity index is 970. The van der Waals surface area contributed by atoms with Gasteiger partial charge in [0.15, 0.2) is 24.7 Å². The predicted octanol–water partition coefficient (Wildman–Crippen LogP) is 3.07. The number of ether oxygens (including phenoxy) is 3. The summed E-state index contributed by atoms with van der Waals surface area (Å²) in [6, 6.07) is 9.29. The van der Waals surface area contributed by atoms with E-state index in [-0.39, 0.29) is 12.3 Å². The monoisotopic (exact) mass is 402 g/mol. The first-order valence-electron chi connectivity index (χ1n) is 8.20. The van der Waals surface area contributed by atoms with Crippen LogP contribution in [0.5, 0.6) is 11.5 Å². The summed E-state index contributed by atoms with van der Waals surface area (Å²) in [6.07, 6.45) is 2.52. The number of halogens is 2. The van der Waals surface area contributed by atoms with Gasteiger partial charge in [0, 0.05) is 12.1 Å². The zero-order valence-corrected chi connectivity index (χ0v) is 15.3. The van der Waals surface area contributed by atoms with Crippen LogP contribution < -0.4 is 14.8 Å². The molecule has 0 fully saturated rings. The van der Waals surface area contributed by atoms with E-state index in [1.165, 1.54) is 13.2 Å².